The SMILES string of the molecule is Nc1nc(-c2ccc(Cl)cc2)c(/C=C/O)s1. The van der Waals surface area contributed by atoms with Crippen LogP contribution in [-0.4, -0.2) is 10.1 Å². The van der Waals surface area contributed by atoms with E-state index in [2.05, 4.69) is 4.98 Å². The zero-order valence-electron chi connectivity index (χ0n) is 8.22. The molecule has 3 nitrogen and oxygen atoms in total. The Hall–Kier alpha value is -1.52. The van der Waals surface area contributed by atoms with E-state index in [0.29, 0.717) is 10.2 Å². The predicted molar refractivity (Wildman–Crippen MR) is 68.6 cm³/mol. The first kappa shape index (κ1) is 11.0. The lowest BCUT2D eigenvalue weighted by atomic mass is 10.1. The van der Waals surface area contributed by atoms with E-state index in [0.717, 1.165) is 22.4 Å². The molecule has 0 radical (unpaired) electrons. The zero-order valence-corrected chi connectivity index (χ0v) is 9.79. The average molecular weight is 253 g/mol. The second-order valence-electron chi connectivity index (χ2n) is 3.09. The van der Waals surface area contributed by atoms with Gasteiger partial charge in [0.2, 0.25) is 0 Å². The summed E-state index contributed by atoms with van der Waals surface area (Å²) in [5.74, 6) is 0. The molecule has 2 aromatic rings. The second kappa shape index (κ2) is 4.55. The van der Waals surface area contributed by atoms with Crippen LogP contribution >= 0.6 is 22.9 Å². The third-order valence-electron chi connectivity index (χ3n) is 2.01. The fourth-order valence-electron chi connectivity index (χ4n) is 1.34. The molecule has 1 aromatic heterocycles. The van der Waals surface area contributed by atoms with Crippen LogP contribution in [0, 0.1) is 0 Å². The quantitative estimate of drug-likeness (QED) is 0.804. The number of hydrogen-bond donors (Lipinski definition) is 2. The van der Waals surface area contributed by atoms with Crippen molar-refractivity contribution in [3.63, 3.8) is 0 Å². The highest BCUT2D eigenvalue weighted by Crippen LogP contribution is 2.31. The molecular formula is C11H9ClN2OS. The van der Waals surface area contributed by atoms with Crippen molar-refractivity contribution >= 4 is 34.1 Å². The number of halogens is 1. The van der Waals surface area contributed by atoms with Crippen LogP contribution in [-0.2, 0) is 0 Å². The van der Waals surface area contributed by atoms with Crippen LogP contribution in [0.3, 0.4) is 0 Å². The van der Waals surface area contributed by atoms with Gasteiger partial charge in [0.25, 0.3) is 0 Å². The smallest absolute Gasteiger partial charge is 0.181 e. The lowest BCUT2D eigenvalue weighted by molar-refractivity contribution is 0.478. The Morgan fingerprint density at radius 3 is 2.62 bits per heavy atom. The van der Waals surface area contributed by atoms with Crippen LogP contribution in [0.2, 0.25) is 5.02 Å². The molecule has 0 bridgehead atoms. The summed E-state index contributed by atoms with van der Waals surface area (Å²) in [7, 11) is 0. The van der Waals surface area contributed by atoms with Crippen molar-refractivity contribution in [3.05, 3.63) is 40.4 Å². The Labute approximate surface area is 102 Å². The summed E-state index contributed by atoms with van der Waals surface area (Å²) in [6.07, 6.45) is 2.55. The maximum Gasteiger partial charge on any atom is 0.181 e. The molecule has 5 heteroatoms. The fraction of sp³-hybridized carbons (Fsp3) is 0. The number of thiazole rings is 1. The Kier molecular flexibility index (Phi) is 3.12. The molecule has 2 rings (SSSR count). The first-order chi connectivity index (χ1) is 7.70. The van der Waals surface area contributed by atoms with Crippen LogP contribution in [0.15, 0.2) is 30.5 Å². The van der Waals surface area contributed by atoms with Gasteiger partial charge >= 0.3 is 0 Å². The van der Waals surface area contributed by atoms with E-state index in [9.17, 15) is 0 Å². The highest BCUT2D eigenvalue weighted by molar-refractivity contribution is 7.16. The van der Waals surface area contributed by atoms with Crippen LogP contribution < -0.4 is 5.73 Å². The van der Waals surface area contributed by atoms with E-state index in [1.807, 2.05) is 12.1 Å². The molecule has 1 aromatic carbocycles. The molecule has 0 saturated heterocycles. The molecule has 82 valence electrons. The van der Waals surface area contributed by atoms with E-state index in [1.165, 1.54) is 11.3 Å². The van der Waals surface area contributed by atoms with Gasteiger partial charge in [-0.1, -0.05) is 35.1 Å². The van der Waals surface area contributed by atoms with Crippen molar-refractivity contribution < 1.29 is 5.11 Å². The first-order valence-corrected chi connectivity index (χ1v) is 5.73. The van der Waals surface area contributed by atoms with Crippen molar-refractivity contribution in [1.29, 1.82) is 0 Å². The Morgan fingerprint density at radius 1 is 1.31 bits per heavy atom. The molecule has 0 amide bonds. The summed E-state index contributed by atoms with van der Waals surface area (Å²) >= 11 is 7.13. The van der Waals surface area contributed by atoms with E-state index < -0.39 is 0 Å². The van der Waals surface area contributed by atoms with Gasteiger partial charge in [-0.15, -0.1) is 0 Å². The normalized spacial score (nSPS) is 11.1. The lowest BCUT2D eigenvalue weighted by Gasteiger charge is -1.98. The van der Waals surface area contributed by atoms with Gasteiger partial charge in [0.1, 0.15) is 0 Å². The molecule has 0 fully saturated rings. The third kappa shape index (κ3) is 2.18. The summed E-state index contributed by atoms with van der Waals surface area (Å²) in [6, 6.07) is 7.31. The van der Waals surface area contributed by atoms with Crippen molar-refractivity contribution in [3.8, 4) is 11.3 Å². The minimum absolute atomic E-state index is 0.470. The summed E-state index contributed by atoms with van der Waals surface area (Å²) < 4.78 is 0. The molecule has 0 atom stereocenters. The Morgan fingerprint density at radius 2 is 2.00 bits per heavy atom. The first-order valence-electron chi connectivity index (χ1n) is 4.53. The standard InChI is InChI=1S/C11H9ClN2OS/c12-8-3-1-7(2-4-8)10-9(5-6-15)16-11(13)14-10/h1-6,15H,(H2,13,14)/b6-5+. The van der Waals surface area contributed by atoms with Crippen molar-refractivity contribution in [2.75, 3.05) is 5.73 Å². The van der Waals surface area contributed by atoms with E-state index in [1.54, 1.807) is 18.2 Å². The number of aliphatic hydroxyl groups is 1. The molecule has 0 aliphatic heterocycles. The lowest BCUT2D eigenvalue weighted by Crippen LogP contribution is -1.83. The number of aromatic nitrogens is 1. The van der Waals surface area contributed by atoms with Gasteiger partial charge in [0.05, 0.1) is 16.8 Å². The van der Waals surface area contributed by atoms with Crippen LogP contribution in [0.1, 0.15) is 4.88 Å². The summed E-state index contributed by atoms with van der Waals surface area (Å²) in [5.41, 5.74) is 7.32. The average Bonchev–Trinajstić information content (AvgIpc) is 2.61. The van der Waals surface area contributed by atoms with Gasteiger partial charge in [0.15, 0.2) is 5.13 Å². The second-order valence-corrected chi connectivity index (χ2v) is 4.59. The molecule has 0 aliphatic rings. The zero-order chi connectivity index (χ0) is 11.5. The largest absolute Gasteiger partial charge is 0.516 e. The molecule has 1 heterocycles. The number of aliphatic hydroxyl groups excluding tert-OH is 1. The minimum Gasteiger partial charge on any atom is -0.516 e. The predicted octanol–water partition coefficient (Wildman–Crippen LogP) is 3.57. The van der Waals surface area contributed by atoms with E-state index >= 15 is 0 Å². The van der Waals surface area contributed by atoms with E-state index in [-0.39, 0.29) is 0 Å². The van der Waals surface area contributed by atoms with Crippen molar-refractivity contribution in [2.24, 2.45) is 0 Å². The van der Waals surface area contributed by atoms with Gasteiger partial charge in [0, 0.05) is 10.6 Å². The van der Waals surface area contributed by atoms with Crippen LogP contribution in [0.4, 0.5) is 5.13 Å². The summed E-state index contributed by atoms with van der Waals surface area (Å²) in [4.78, 5) is 5.04. The molecule has 0 unspecified atom stereocenters. The van der Waals surface area contributed by atoms with Gasteiger partial charge < -0.3 is 10.8 Å². The number of benzene rings is 1. The number of nitrogens with zero attached hydrogens (tertiary/aromatic N) is 1. The number of hydrogen-bond acceptors (Lipinski definition) is 4. The number of nitrogen functional groups attached to an aromatic ring is 1. The molecule has 0 aliphatic carbocycles. The topological polar surface area (TPSA) is 59.1 Å². The van der Waals surface area contributed by atoms with Gasteiger partial charge in [-0.2, -0.15) is 0 Å². The highest BCUT2D eigenvalue weighted by atomic mass is 35.5. The molecule has 0 saturated carbocycles. The van der Waals surface area contributed by atoms with Crippen molar-refractivity contribution in [1.82, 2.24) is 4.98 Å². The van der Waals surface area contributed by atoms with Gasteiger partial charge in [-0.25, -0.2) is 4.98 Å². The van der Waals surface area contributed by atoms with Gasteiger partial charge in [-0.3, -0.25) is 0 Å². The van der Waals surface area contributed by atoms with Gasteiger partial charge in [-0.05, 0) is 18.2 Å². The molecule has 0 spiro atoms. The summed E-state index contributed by atoms with van der Waals surface area (Å²) in [5, 5.41) is 9.92. The summed E-state index contributed by atoms with van der Waals surface area (Å²) in [6.45, 7) is 0. The molecule has 16 heavy (non-hydrogen) atoms. The maximum absolute atomic E-state index is 8.78. The minimum atomic E-state index is 0.470. The highest BCUT2D eigenvalue weighted by Gasteiger charge is 2.09. The van der Waals surface area contributed by atoms with Crippen molar-refractivity contribution in [2.45, 2.75) is 0 Å². The number of nitrogens with two attached hydrogens (primary N) is 1. The van der Waals surface area contributed by atoms with Crippen LogP contribution in [0.25, 0.3) is 17.3 Å². The third-order valence-corrected chi connectivity index (χ3v) is 3.12. The van der Waals surface area contributed by atoms with E-state index in [4.69, 9.17) is 22.4 Å². The number of anilines is 1. The van der Waals surface area contributed by atoms with Crippen LogP contribution in [0.5, 0.6) is 0 Å². The fourth-order valence-corrected chi connectivity index (χ4v) is 2.22. The molecule has 3 N–H and O–H groups in total. The monoisotopic (exact) mass is 252 g/mol. The Balaban J connectivity index is 2.50. The molecular weight excluding hydrogens is 244 g/mol. The number of rotatable bonds is 2. The Bertz CT molecular complexity index is 519. The maximum atomic E-state index is 8.78.